The van der Waals surface area contributed by atoms with Gasteiger partial charge in [0, 0.05) is 18.8 Å². The first-order chi connectivity index (χ1) is 15.1. The maximum atomic E-state index is 12.3. The number of methoxy groups -OCH3 is 1. The quantitative estimate of drug-likeness (QED) is 0.327. The van der Waals surface area contributed by atoms with Crippen LogP contribution in [0.25, 0.3) is 11.0 Å². The lowest BCUT2D eigenvalue weighted by atomic mass is 10.1. The number of carbonyl (C=O) groups excluding carboxylic acids is 1. The summed E-state index contributed by atoms with van der Waals surface area (Å²) in [6.07, 6.45) is 4.19. The monoisotopic (exact) mass is 442 g/mol. The average Bonchev–Trinajstić information content (AvgIpc) is 3.19. The van der Waals surface area contributed by atoms with Crippen LogP contribution in [0, 0.1) is 0 Å². The lowest BCUT2D eigenvalue weighted by Gasteiger charge is -2.09. The van der Waals surface area contributed by atoms with Crippen LogP contribution >= 0.6 is 11.8 Å². The van der Waals surface area contributed by atoms with Gasteiger partial charge in [0.2, 0.25) is 5.91 Å². The van der Waals surface area contributed by atoms with Crippen molar-refractivity contribution in [3.8, 4) is 5.75 Å². The molecule has 1 aromatic carbocycles. The standard InChI is InChI=1S/C22H30N6O2S/c1-4-10-24-20-18-15-25-28(21(18)27-22(26-20)31-13-5-2)12-11-23-19(29)14-16-6-8-17(30-3)9-7-16/h6-9,15H,4-5,10-14H2,1-3H3,(H,23,29)(H,24,26,27). The molecule has 9 heteroatoms. The summed E-state index contributed by atoms with van der Waals surface area (Å²) in [6.45, 7) is 6.12. The lowest BCUT2D eigenvalue weighted by molar-refractivity contribution is -0.120. The smallest absolute Gasteiger partial charge is 0.224 e. The molecule has 8 nitrogen and oxygen atoms in total. The molecule has 3 aromatic rings. The number of amides is 1. The second kappa shape index (κ2) is 11.5. The van der Waals surface area contributed by atoms with Crippen molar-refractivity contribution in [1.82, 2.24) is 25.1 Å². The first-order valence-electron chi connectivity index (χ1n) is 10.6. The molecule has 0 unspecified atom stereocenters. The third-order valence-corrected chi connectivity index (χ3v) is 5.68. The Kier molecular flexibility index (Phi) is 8.52. The van der Waals surface area contributed by atoms with E-state index in [-0.39, 0.29) is 5.91 Å². The lowest BCUT2D eigenvalue weighted by Crippen LogP contribution is -2.28. The summed E-state index contributed by atoms with van der Waals surface area (Å²) in [6, 6.07) is 7.51. The Hall–Kier alpha value is -2.81. The van der Waals surface area contributed by atoms with E-state index in [4.69, 9.17) is 9.72 Å². The fourth-order valence-corrected chi connectivity index (χ4v) is 3.72. The summed E-state index contributed by atoms with van der Waals surface area (Å²) >= 11 is 1.65. The highest BCUT2D eigenvalue weighted by molar-refractivity contribution is 7.99. The summed E-state index contributed by atoms with van der Waals surface area (Å²) in [4.78, 5) is 21.7. The number of ether oxygens (including phenoxy) is 1. The van der Waals surface area contributed by atoms with Gasteiger partial charge in [0.25, 0.3) is 0 Å². The molecule has 0 bridgehead atoms. The van der Waals surface area contributed by atoms with Gasteiger partial charge in [0.05, 0.1) is 31.7 Å². The van der Waals surface area contributed by atoms with Crippen LogP contribution in [-0.4, -0.2) is 51.6 Å². The van der Waals surface area contributed by atoms with Crippen LogP contribution in [0.3, 0.4) is 0 Å². The van der Waals surface area contributed by atoms with E-state index in [1.54, 1.807) is 25.1 Å². The minimum Gasteiger partial charge on any atom is -0.497 e. The summed E-state index contributed by atoms with van der Waals surface area (Å²) in [5.41, 5.74) is 1.73. The maximum Gasteiger partial charge on any atom is 0.224 e. The van der Waals surface area contributed by atoms with Gasteiger partial charge in [-0.15, -0.1) is 0 Å². The Morgan fingerprint density at radius 3 is 2.65 bits per heavy atom. The molecule has 2 N–H and O–H groups in total. The Morgan fingerprint density at radius 2 is 1.94 bits per heavy atom. The van der Waals surface area contributed by atoms with Crippen molar-refractivity contribution in [2.24, 2.45) is 0 Å². The van der Waals surface area contributed by atoms with E-state index in [2.05, 4.69) is 34.6 Å². The summed E-state index contributed by atoms with van der Waals surface area (Å²) in [7, 11) is 1.62. The number of benzene rings is 1. The second-order valence-corrected chi connectivity index (χ2v) is 8.17. The Bertz CT molecular complexity index is 990. The van der Waals surface area contributed by atoms with Gasteiger partial charge in [0.15, 0.2) is 10.8 Å². The van der Waals surface area contributed by atoms with Gasteiger partial charge in [-0.2, -0.15) is 5.10 Å². The molecule has 31 heavy (non-hydrogen) atoms. The minimum absolute atomic E-state index is 0.0271. The Morgan fingerprint density at radius 1 is 1.13 bits per heavy atom. The minimum atomic E-state index is -0.0271. The molecule has 0 saturated heterocycles. The zero-order chi connectivity index (χ0) is 22.1. The van der Waals surface area contributed by atoms with Crippen LogP contribution < -0.4 is 15.4 Å². The van der Waals surface area contributed by atoms with Gasteiger partial charge in [0.1, 0.15) is 11.6 Å². The fraction of sp³-hybridized carbons (Fsp3) is 0.455. The zero-order valence-electron chi connectivity index (χ0n) is 18.4. The molecule has 0 atom stereocenters. The van der Waals surface area contributed by atoms with E-state index in [1.165, 1.54) is 0 Å². The molecule has 0 aliphatic carbocycles. The molecule has 0 aliphatic heterocycles. The molecule has 0 fully saturated rings. The van der Waals surface area contributed by atoms with Crippen molar-refractivity contribution in [3.05, 3.63) is 36.0 Å². The van der Waals surface area contributed by atoms with Crippen molar-refractivity contribution in [1.29, 1.82) is 0 Å². The number of fused-ring (bicyclic) bond motifs is 1. The Balaban J connectivity index is 1.64. The van der Waals surface area contributed by atoms with Crippen molar-refractivity contribution >= 4 is 34.5 Å². The molecule has 1 amide bonds. The predicted octanol–water partition coefficient (Wildman–Crippen LogP) is 3.52. The average molecular weight is 443 g/mol. The number of nitrogens with zero attached hydrogens (tertiary/aromatic N) is 4. The highest BCUT2D eigenvalue weighted by Gasteiger charge is 2.13. The molecule has 0 spiro atoms. The zero-order valence-corrected chi connectivity index (χ0v) is 19.2. The van der Waals surface area contributed by atoms with Crippen LogP contribution in [0.15, 0.2) is 35.6 Å². The number of hydrogen-bond acceptors (Lipinski definition) is 7. The van der Waals surface area contributed by atoms with Crippen LogP contribution in [0.5, 0.6) is 5.75 Å². The molecule has 0 radical (unpaired) electrons. The topological polar surface area (TPSA) is 94.0 Å². The van der Waals surface area contributed by atoms with Crippen LogP contribution in [0.1, 0.15) is 32.3 Å². The highest BCUT2D eigenvalue weighted by atomic mass is 32.2. The van der Waals surface area contributed by atoms with E-state index in [9.17, 15) is 4.79 Å². The largest absolute Gasteiger partial charge is 0.497 e. The number of thioether (sulfide) groups is 1. The highest BCUT2D eigenvalue weighted by Crippen LogP contribution is 2.24. The summed E-state index contributed by atoms with van der Waals surface area (Å²) in [5, 5.41) is 12.5. The van der Waals surface area contributed by atoms with Crippen molar-refractivity contribution in [2.75, 3.05) is 31.3 Å². The predicted molar refractivity (Wildman–Crippen MR) is 125 cm³/mol. The van der Waals surface area contributed by atoms with Crippen LogP contribution in [0.4, 0.5) is 5.82 Å². The van der Waals surface area contributed by atoms with E-state index >= 15 is 0 Å². The van der Waals surface area contributed by atoms with Crippen LogP contribution in [0.2, 0.25) is 0 Å². The van der Waals surface area contributed by atoms with E-state index < -0.39 is 0 Å². The van der Waals surface area contributed by atoms with Crippen LogP contribution in [-0.2, 0) is 17.8 Å². The molecular formula is C22H30N6O2S. The van der Waals surface area contributed by atoms with E-state index in [0.29, 0.717) is 19.5 Å². The van der Waals surface area contributed by atoms with Crippen molar-refractivity contribution < 1.29 is 9.53 Å². The van der Waals surface area contributed by atoms with E-state index in [0.717, 1.165) is 58.5 Å². The first kappa shape index (κ1) is 22.9. The second-order valence-electron chi connectivity index (χ2n) is 7.11. The number of rotatable bonds is 12. The van der Waals surface area contributed by atoms with Gasteiger partial charge in [-0.25, -0.2) is 14.6 Å². The number of aromatic nitrogens is 4. The number of anilines is 1. The first-order valence-corrected chi connectivity index (χ1v) is 11.6. The van der Waals surface area contributed by atoms with Gasteiger partial charge in [-0.05, 0) is 30.5 Å². The van der Waals surface area contributed by atoms with E-state index in [1.807, 2.05) is 28.9 Å². The molecule has 2 heterocycles. The molecule has 3 rings (SSSR count). The van der Waals surface area contributed by atoms with Gasteiger partial charge >= 0.3 is 0 Å². The third-order valence-electron chi connectivity index (χ3n) is 4.62. The van der Waals surface area contributed by atoms with Gasteiger partial charge in [-0.1, -0.05) is 37.7 Å². The molecule has 166 valence electrons. The molecular weight excluding hydrogens is 412 g/mol. The number of carbonyl (C=O) groups is 1. The molecule has 0 saturated carbocycles. The van der Waals surface area contributed by atoms with Crippen molar-refractivity contribution in [2.45, 2.75) is 44.8 Å². The summed E-state index contributed by atoms with van der Waals surface area (Å²) in [5.74, 6) is 2.54. The normalized spacial score (nSPS) is 10.9. The number of nitrogens with one attached hydrogen (secondary N) is 2. The molecule has 0 aliphatic rings. The maximum absolute atomic E-state index is 12.3. The fourth-order valence-electron chi connectivity index (χ4n) is 3.03. The van der Waals surface area contributed by atoms with Gasteiger partial charge < -0.3 is 15.4 Å². The SMILES string of the molecule is CCCNc1nc(SCCC)nc2c1cnn2CCNC(=O)Cc1ccc(OC)cc1. The molecule has 2 aromatic heterocycles. The van der Waals surface area contributed by atoms with Gasteiger partial charge in [-0.3, -0.25) is 4.79 Å². The summed E-state index contributed by atoms with van der Waals surface area (Å²) < 4.78 is 6.98. The third kappa shape index (κ3) is 6.33. The number of hydrogen-bond donors (Lipinski definition) is 2. The Labute approximate surface area is 187 Å². The van der Waals surface area contributed by atoms with Crippen molar-refractivity contribution in [3.63, 3.8) is 0 Å².